The number of carbonyl (C=O) groups is 1. The highest BCUT2D eigenvalue weighted by atomic mass is 16.1. The van der Waals surface area contributed by atoms with Gasteiger partial charge in [-0.2, -0.15) is 0 Å². The molecule has 1 aromatic carbocycles. The van der Waals surface area contributed by atoms with Gasteiger partial charge in [-0.1, -0.05) is 31.2 Å². The number of amides is 1. The number of hydrogen-bond donors (Lipinski definition) is 1. The molecule has 0 unspecified atom stereocenters. The molecule has 22 heavy (non-hydrogen) atoms. The molecule has 1 aromatic heterocycles. The highest BCUT2D eigenvalue weighted by Crippen LogP contribution is 2.24. The first-order valence-electron chi connectivity index (χ1n) is 7.84. The molecule has 1 amide bonds. The average molecular weight is 295 g/mol. The van der Waals surface area contributed by atoms with E-state index in [1.165, 1.54) is 11.1 Å². The van der Waals surface area contributed by atoms with Crippen molar-refractivity contribution in [2.75, 3.05) is 18.0 Å². The van der Waals surface area contributed by atoms with Crippen molar-refractivity contribution in [2.24, 2.45) is 0 Å². The van der Waals surface area contributed by atoms with Gasteiger partial charge < -0.3 is 10.2 Å². The van der Waals surface area contributed by atoms with Crippen molar-refractivity contribution < 1.29 is 4.79 Å². The van der Waals surface area contributed by atoms with E-state index >= 15 is 0 Å². The van der Waals surface area contributed by atoms with Crippen molar-refractivity contribution >= 4 is 11.6 Å². The molecule has 114 valence electrons. The van der Waals surface area contributed by atoms with Crippen molar-refractivity contribution in [2.45, 2.75) is 26.3 Å². The minimum Gasteiger partial charge on any atom is -0.367 e. The number of hydrogen-bond acceptors (Lipinski definition) is 3. The number of nitrogens with one attached hydrogen (secondary N) is 1. The van der Waals surface area contributed by atoms with Crippen molar-refractivity contribution in [1.29, 1.82) is 0 Å². The third-order valence-electron chi connectivity index (χ3n) is 4.01. The summed E-state index contributed by atoms with van der Waals surface area (Å²) in [4.78, 5) is 18.5. The van der Waals surface area contributed by atoms with E-state index in [0.717, 1.165) is 31.6 Å². The molecule has 1 aliphatic rings. The van der Waals surface area contributed by atoms with Crippen LogP contribution in [0.2, 0.25) is 0 Å². The Balaban J connectivity index is 1.77. The van der Waals surface area contributed by atoms with Gasteiger partial charge >= 0.3 is 0 Å². The Morgan fingerprint density at radius 2 is 2.09 bits per heavy atom. The SMILES string of the molecule is CCCNC(=O)c1cc(N2CCc3ccccc3C2)ccn1. The molecule has 0 fully saturated rings. The minimum atomic E-state index is -0.0962. The number of fused-ring (bicyclic) bond motifs is 1. The number of benzene rings is 1. The van der Waals surface area contributed by atoms with Crippen molar-refractivity contribution in [3.63, 3.8) is 0 Å². The van der Waals surface area contributed by atoms with Crippen LogP contribution in [0.25, 0.3) is 0 Å². The van der Waals surface area contributed by atoms with Gasteiger partial charge in [0.1, 0.15) is 5.69 Å². The molecule has 0 aliphatic carbocycles. The van der Waals surface area contributed by atoms with Crippen LogP contribution in [-0.4, -0.2) is 24.0 Å². The van der Waals surface area contributed by atoms with E-state index in [9.17, 15) is 4.79 Å². The molecular weight excluding hydrogens is 274 g/mol. The number of aromatic nitrogens is 1. The zero-order valence-electron chi connectivity index (χ0n) is 12.9. The smallest absolute Gasteiger partial charge is 0.269 e. The number of nitrogens with zero attached hydrogens (tertiary/aromatic N) is 2. The zero-order valence-corrected chi connectivity index (χ0v) is 12.9. The van der Waals surface area contributed by atoms with Crippen LogP contribution in [0.3, 0.4) is 0 Å². The standard InChI is InChI=1S/C18H21N3O/c1-2-9-20-18(22)17-12-16(7-10-19-17)21-11-8-14-5-3-4-6-15(14)13-21/h3-7,10,12H,2,8-9,11,13H2,1H3,(H,20,22). The summed E-state index contributed by atoms with van der Waals surface area (Å²) < 4.78 is 0. The lowest BCUT2D eigenvalue weighted by atomic mass is 9.99. The molecule has 0 spiro atoms. The quantitative estimate of drug-likeness (QED) is 0.943. The molecule has 1 N–H and O–H groups in total. The van der Waals surface area contributed by atoms with Crippen LogP contribution in [-0.2, 0) is 13.0 Å². The highest BCUT2D eigenvalue weighted by Gasteiger charge is 2.17. The molecule has 0 saturated carbocycles. The summed E-state index contributed by atoms with van der Waals surface area (Å²) >= 11 is 0. The van der Waals surface area contributed by atoms with Crippen LogP contribution in [0.15, 0.2) is 42.6 Å². The Kier molecular flexibility index (Phi) is 4.37. The first-order chi connectivity index (χ1) is 10.8. The summed E-state index contributed by atoms with van der Waals surface area (Å²) in [6.07, 6.45) is 3.68. The summed E-state index contributed by atoms with van der Waals surface area (Å²) in [5.74, 6) is -0.0962. The van der Waals surface area contributed by atoms with Gasteiger partial charge in [0.2, 0.25) is 0 Å². The maximum atomic E-state index is 12.0. The van der Waals surface area contributed by atoms with Crippen molar-refractivity contribution in [3.05, 3.63) is 59.4 Å². The molecule has 0 atom stereocenters. The topological polar surface area (TPSA) is 45.2 Å². The molecule has 1 aliphatic heterocycles. The van der Waals surface area contributed by atoms with Crippen LogP contribution in [0.1, 0.15) is 35.0 Å². The second-order valence-corrected chi connectivity index (χ2v) is 5.60. The lowest BCUT2D eigenvalue weighted by molar-refractivity contribution is 0.0948. The monoisotopic (exact) mass is 295 g/mol. The largest absolute Gasteiger partial charge is 0.367 e. The van der Waals surface area contributed by atoms with Crippen LogP contribution in [0, 0.1) is 0 Å². The van der Waals surface area contributed by atoms with Crippen LogP contribution < -0.4 is 10.2 Å². The van der Waals surface area contributed by atoms with Gasteiger partial charge in [0, 0.05) is 31.5 Å². The Labute approximate surface area is 131 Å². The molecular formula is C18H21N3O. The summed E-state index contributed by atoms with van der Waals surface area (Å²) in [5.41, 5.74) is 4.34. The average Bonchev–Trinajstić information content (AvgIpc) is 2.59. The van der Waals surface area contributed by atoms with E-state index in [0.29, 0.717) is 12.2 Å². The Morgan fingerprint density at radius 3 is 2.91 bits per heavy atom. The van der Waals surface area contributed by atoms with E-state index in [2.05, 4.69) is 39.5 Å². The van der Waals surface area contributed by atoms with E-state index in [1.54, 1.807) is 6.20 Å². The minimum absolute atomic E-state index is 0.0962. The lowest BCUT2D eigenvalue weighted by Crippen LogP contribution is -2.31. The van der Waals surface area contributed by atoms with E-state index < -0.39 is 0 Å². The number of anilines is 1. The molecule has 2 heterocycles. The number of rotatable bonds is 4. The van der Waals surface area contributed by atoms with Gasteiger partial charge in [0.15, 0.2) is 0 Å². The summed E-state index contributed by atoms with van der Waals surface area (Å²) in [6, 6.07) is 12.4. The van der Waals surface area contributed by atoms with Gasteiger partial charge in [-0.05, 0) is 36.1 Å². The van der Waals surface area contributed by atoms with Crippen LogP contribution >= 0.6 is 0 Å². The first kappa shape index (κ1) is 14.6. The first-order valence-corrected chi connectivity index (χ1v) is 7.84. The Bertz CT molecular complexity index is 669. The third kappa shape index (κ3) is 3.11. The van der Waals surface area contributed by atoms with E-state index in [-0.39, 0.29) is 5.91 Å². The zero-order chi connectivity index (χ0) is 15.4. The maximum Gasteiger partial charge on any atom is 0.269 e. The maximum absolute atomic E-state index is 12.0. The fourth-order valence-corrected chi connectivity index (χ4v) is 2.79. The van der Waals surface area contributed by atoms with Gasteiger partial charge in [-0.25, -0.2) is 0 Å². The van der Waals surface area contributed by atoms with Crippen LogP contribution in [0.5, 0.6) is 0 Å². The summed E-state index contributed by atoms with van der Waals surface area (Å²) in [6.45, 7) is 4.57. The lowest BCUT2D eigenvalue weighted by Gasteiger charge is -2.30. The predicted molar refractivity (Wildman–Crippen MR) is 88.1 cm³/mol. The van der Waals surface area contributed by atoms with Crippen molar-refractivity contribution in [1.82, 2.24) is 10.3 Å². The molecule has 2 aromatic rings. The van der Waals surface area contributed by atoms with Gasteiger partial charge in [-0.15, -0.1) is 0 Å². The molecule has 0 bridgehead atoms. The Hall–Kier alpha value is -2.36. The fourth-order valence-electron chi connectivity index (χ4n) is 2.79. The molecule has 3 rings (SSSR count). The van der Waals surface area contributed by atoms with Gasteiger partial charge in [-0.3, -0.25) is 9.78 Å². The predicted octanol–water partition coefficient (Wildman–Crippen LogP) is 2.78. The fraction of sp³-hybridized carbons (Fsp3) is 0.333. The molecule has 4 heteroatoms. The normalized spacial score (nSPS) is 13.6. The number of pyridine rings is 1. The Morgan fingerprint density at radius 1 is 1.27 bits per heavy atom. The molecule has 0 radical (unpaired) electrons. The van der Waals surface area contributed by atoms with Crippen LogP contribution in [0.4, 0.5) is 5.69 Å². The third-order valence-corrected chi connectivity index (χ3v) is 4.01. The summed E-state index contributed by atoms with van der Waals surface area (Å²) in [7, 11) is 0. The van der Waals surface area contributed by atoms with Gasteiger partial charge in [0.05, 0.1) is 0 Å². The highest BCUT2D eigenvalue weighted by molar-refractivity contribution is 5.93. The molecule has 4 nitrogen and oxygen atoms in total. The second kappa shape index (κ2) is 6.60. The summed E-state index contributed by atoms with van der Waals surface area (Å²) in [5, 5.41) is 2.87. The molecule has 0 saturated heterocycles. The van der Waals surface area contributed by atoms with E-state index in [4.69, 9.17) is 0 Å². The van der Waals surface area contributed by atoms with E-state index in [1.807, 2.05) is 19.1 Å². The van der Waals surface area contributed by atoms with Crippen molar-refractivity contribution in [3.8, 4) is 0 Å². The number of carbonyl (C=O) groups excluding carboxylic acids is 1. The van der Waals surface area contributed by atoms with Gasteiger partial charge in [0.25, 0.3) is 5.91 Å². The second-order valence-electron chi connectivity index (χ2n) is 5.60.